The van der Waals surface area contributed by atoms with Gasteiger partial charge in [-0.05, 0) is 58.9 Å². The molecule has 0 saturated carbocycles. The second kappa shape index (κ2) is 19.9. The summed E-state index contributed by atoms with van der Waals surface area (Å²) in [5.74, 6) is -0.328. The number of ether oxygens (including phenoxy) is 2. The van der Waals surface area contributed by atoms with Crippen molar-refractivity contribution in [1.29, 1.82) is 0 Å². The smallest absolute Gasteiger partial charge is 0.245 e. The Hall–Kier alpha value is -5.18. The second-order valence-electron chi connectivity index (χ2n) is 16.5. The quantitative estimate of drug-likeness (QED) is 0.179. The van der Waals surface area contributed by atoms with E-state index < -0.39 is 30.2 Å². The maximum atomic E-state index is 13.9. The molecule has 15 heteroatoms. The molecular weight excluding hydrogens is 767 g/mol. The fraction of sp³-hybridized carbons (Fsp3) is 0.600. The molecule has 0 aromatic heterocycles. The Labute approximate surface area is 353 Å². The topological polar surface area (TPSA) is 188 Å². The van der Waals surface area contributed by atoms with Gasteiger partial charge in [-0.3, -0.25) is 28.8 Å². The predicted octanol–water partition coefficient (Wildman–Crippen LogP) is 3.66. The van der Waals surface area contributed by atoms with Crippen molar-refractivity contribution in [3.63, 3.8) is 0 Å². The number of hydrogen-bond acceptors (Lipinski definition) is 9. The minimum atomic E-state index is -0.727. The lowest BCUT2D eigenvalue weighted by Crippen LogP contribution is -2.55. The first kappa shape index (κ1) is 44.4. The van der Waals surface area contributed by atoms with Crippen LogP contribution in [0.3, 0.4) is 0 Å². The molecule has 5 N–H and O–H groups in total. The van der Waals surface area contributed by atoms with E-state index in [0.29, 0.717) is 95.6 Å². The predicted molar refractivity (Wildman–Crippen MR) is 226 cm³/mol. The lowest BCUT2D eigenvalue weighted by atomic mass is 9.90. The summed E-state index contributed by atoms with van der Waals surface area (Å²) >= 11 is 0. The first-order chi connectivity index (χ1) is 28.9. The molecule has 8 atom stereocenters. The van der Waals surface area contributed by atoms with E-state index in [1.165, 1.54) is 0 Å². The van der Waals surface area contributed by atoms with E-state index in [-0.39, 0.29) is 53.4 Å². The van der Waals surface area contributed by atoms with Gasteiger partial charge in [0.25, 0.3) is 0 Å². The Morgan fingerprint density at radius 2 is 1.10 bits per heavy atom. The van der Waals surface area contributed by atoms with Crippen LogP contribution in [0.2, 0.25) is 0 Å². The summed E-state index contributed by atoms with van der Waals surface area (Å²) in [5, 5.41) is 15.1. The van der Waals surface area contributed by atoms with Crippen LogP contribution in [0.1, 0.15) is 116 Å². The third-order valence-corrected chi connectivity index (χ3v) is 12.7. The van der Waals surface area contributed by atoms with Gasteiger partial charge in [-0.25, -0.2) is 0 Å². The third-order valence-electron chi connectivity index (χ3n) is 12.7. The average Bonchev–Trinajstić information content (AvgIpc) is 3.97. The highest BCUT2D eigenvalue weighted by atomic mass is 16.5. The van der Waals surface area contributed by atoms with Crippen LogP contribution >= 0.6 is 0 Å². The van der Waals surface area contributed by atoms with Gasteiger partial charge in [0, 0.05) is 54.1 Å². The summed E-state index contributed by atoms with van der Waals surface area (Å²) in [6.07, 6.45) is 5.04. The van der Waals surface area contributed by atoms with Gasteiger partial charge in [-0.15, -0.1) is 0 Å². The Bertz CT molecular complexity index is 1790. The molecule has 0 unspecified atom stereocenters. The zero-order valence-electron chi connectivity index (χ0n) is 35.9. The third kappa shape index (κ3) is 9.40. The van der Waals surface area contributed by atoms with Crippen molar-refractivity contribution >= 4 is 35.4 Å². The molecule has 2 saturated heterocycles. The molecule has 4 aliphatic heterocycles. The van der Waals surface area contributed by atoms with Gasteiger partial charge in [0.05, 0.1) is 31.3 Å². The summed E-state index contributed by atoms with van der Waals surface area (Å²) in [6.45, 7) is 10.8. The van der Waals surface area contributed by atoms with Crippen LogP contribution in [-0.2, 0) is 28.8 Å². The zero-order chi connectivity index (χ0) is 43.1. The van der Waals surface area contributed by atoms with Gasteiger partial charge < -0.3 is 45.9 Å². The molecule has 326 valence electrons. The number of likely N-dealkylation sites (tertiary alicyclic amines) is 2. The van der Waals surface area contributed by atoms with Crippen LogP contribution in [0, 0.1) is 5.92 Å². The number of rotatable bonds is 15. The first-order valence-electron chi connectivity index (χ1n) is 21.9. The number of carbonyl (C=O) groups is 6. The van der Waals surface area contributed by atoms with Crippen LogP contribution in [0.5, 0.6) is 11.5 Å². The monoisotopic (exact) mass is 829 g/mol. The second-order valence-corrected chi connectivity index (χ2v) is 16.5. The summed E-state index contributed by atoms with van der Waals surface area (Å²) in [7, 11) is 1.68. The minimum Gasteiger partial charge on any atom is -0.492 e. The van der Waals surface area contributed by atoms with E-state index in [9.17, 15) is 28.8 Å². The largest absolute Gasteiger partial charge is 0.492 e. The van der Waals surface area contributed by atoms with Crippen molar-refractivity contribution in [2.24, 2.45) is 5.92 Å². The highest BCUT2D eigenvalue weighted by Crippen LogP contribution is 2.46. The van der Waals surface area contributed by atoms with Crippen LogP contribution in [0.15, 0.2) is 36.4 Å². The van der Waals surface area contributed by atoms with Gasteiger partial charge in [0.1, 0.15) is 35.7 Å². The number of nitrogens with zero attached hydrogens (tertiary/aromatic N) is 2. The molecule has 4 aliphatic rings. The standard InChI is InChI=1S/C45H63N7O8/c1-7-26(4)40(53)47-32(8-2)44(57)51-22-12-18-36(51)42(55)49-34-20-24-59-38-28(14-10-16-30(34)38)29-15-11-17-31-35(21-25-60-39(29)31)50-43(56)37-19-13-23-52(37)45(58)33(9-3)48-41(54)27(5)46-6/h10-11,14-17,26-27,32-37,46H,7-9,12-13,18-25H2,1-6H3,(H,47,53)(H,48,54)(H,49,55)(H,50,56)/t26-,27+,32+,33+,34-,35-,36+,37+/m1/s1. The molecule has 15 nitrogen and oxygen atoms in total. The minimum absolute atomic E-state index is 0.161. The van der Waals surface area contributed by atoms with Gasteiger partial charge in [0.15, 0.2) is 0 Å². The molecule has 4 heterocycles. The van der Waals surface area contributed by atoms with Crippen molar-refractivity contribution in [3.05, 3.63) is 47.5 Å². The van der Waals surface area contributed by atoms with Crippen LogP contribution in [0.25, 0.3) is 11.1 Å². The Morgan fingerprint density at radius 3 is 1.52 bits per heavy atom. The molecule has 0 radical (unpaired) electrons. The fourth-order valence-electron chi connectivity index (χ4n) is 8.72. The molecule has 2 aromatic rings. The first-order valence-corrected chi connectivity index (χ1v) is 21.9. The van der Waals surface area contributed by atoms with Gasteiger partial charge >= 0.3 is 0 Å². The van der Waals surface area contributed by atoms with Crippen molar-refractivity contribution in [2.45, 2.75) is 135 Å². The van der Waals surface area contributed by atoms with Crippen LogP contribution < -0.4 is 36.1 Å². The number of likely N-dealkylation sites (N-methyl/N-ethyl adjacent to an activating group) is 1. The van der Waals surface area contributed by atoms with Crippen molar-refractivity contribution in [3.8, 4) is 22.6 Å². The van der Waals surface area contributed by atoms with E-state index >= 15 is 0 Å². The summed E-state index contributed by atoms with van der Waals surface area (Å²) in [5.41, 5.74) is 3.23. The highest BCUT2D eigenvalue weighted by Gasteiger charge is 2.41. The van der Waals surface area contributed by atoms with E-state index in [2.05, 4.69) is 26.6 Å². The van der Waals surface area contributed by atoms with Crippen LogP contribution in [0.4, 0.5) is 0 Å². The molecule has 6 rings (SSSR count). The summed E-state index contributed by atoms with van der Waals surface area (Å²) in [6, 6.07) is 7.78. The fourth-order valence-corrected chi connectivity index (χ4v) is 8.72. The molecule has 0 spiro atoms. The van der Waals surface area contributed by atoms with E-state index in [0.717, 1.165) is 22.3 Å². The van der Waals surface area contributed by atoms with Gasteiger partial charge in [0.2, 0.25) is 35.4 Å². The van der Waals surface area contributed by atoms with E-state index in [4.69, 9.17) is 9.47 Å². The normalized spacial score (nSPS) is 22.8. The number of amides is 6. The van der Waals surface area contributed by atoms with Gasteiger partial charge in [-0.2, -0.15) is 0 Å². The Kier molecular flexibility index (Phi) is 14.7. The van der Waals surface area contributed by atoms with Crippen molar-refractivity contribution in [2.75, 3.05) is 33.4 Å². The molecule has 2 fully saturated rings. The SMILES string of the molecule is CC[C@@H](C)C(=O)N[C@@H](CC)C(=O)N1CCC[C@H]1C(=O)N[C@@H]1CCOc2c(-c3cccc4c3OCC[C@H]4NC(=O)[C@@H]3CCCN3C(=O)[C@H](CC)NC(=O)[C@H](C)NC)cccc21. The Morgan fingerprint density at radius 1 is 0.650 bits per heavy atom. The lowest BCUT2D eigenvalue weighted by molar-refractivity contribution is -0.142. The van der Waals surface area contributed by atoms with Crippen molar-refractivity contribution < 1.29 is 38.2 Å². The Balaban J connectivity index is 1.16. The number of fused-ring (bicyclic) bond motifs is 2. The summed E-state index contributed by atoms with van der Waals surface area (Å²) in [4.78, 5) is 83.7. The van der Waals surface area contributed by atoms with Crippen molar-refractivity contribution in [1.82, 2.24) is 36.4 Å². The van der Waals surface area contributed by atoms with E-state index in [1.54, 1.807) is 23.8 Å². The number of carbonyl (C=O) groups excluding carboxylic acids is 6. The van der Waals surface area contributed by atoms with Crippen LogP contribution in [-0.4, -0.2) is 109 Å². The molecule has 2 aromatic carbocycles. The number of nitrogens with one attached hydrogen (secondary N) is 5. The summed E-state index contributed by atoms with van der Waals surface area (Å²) < 4.78 is 12.6. The average molecular weight is 830 g/mol. The molecule has 60 heavy (non-hydrogen) atoms. The zero-order valence-corrected chi connectivity index (χ0v) is 35.9. The molecule has 0 bridgehead atoms. The van der Waals surface area contributed by atoms with E-state index in [1.807, 2.05) is 64.1 Å². The number of para-hydroxylation sites is 2. The molecule has 0 aliphatic carbocycles. The lowest BCUT2D eigenvalue weighted by Gasteiger charge is -2.33. The number of benzene rings is 2. The highest BCUT2D eigenvalue weighted by molar-refractivity contribution is 5.94. The maximum absolute atomic E-state index is 13.9. The molecule has 6 amide bonds. The molecular formula is C45H63N7O8. The number of hydrogen-bond donors (Lipinski definition) is 5. The van der Waals surface area contributed by atoms with Gasteiger partial charge in [-0.1, -0.05) is 64.1 Å². The maximum Gasteiger partial charge on any atom is 0.245 e.